The highest BCUT2D eigenvalue weighted by Gasteiger charge is 2.30. The summed E-state index contributed by atoms with van der Waals surface area (Å²) in [4.78, 5) is 17.1. The van der Waals surface area contributed by atoms with E-state index in [0.717, 1.165) is 17.7 Å². The number of carbonyl (C=O) groups is 1. The molecule has 0 fully saturated rings. The fraction of sp³-hybridized carbons (Fsp3) is 0.0800. The Bertz CT molecular complexity index is 1280. The quantitative estimate of drug-likeness (QED) is 0.273. The molecule has 0 saturated carbocycles. The molecule has 0 aliphatic carbocycles. The molecular weight excluding hydrogens is 431 g/mol. The third kappa shape index (κ3) is 5.01. The zero-order chi connectivity index (χ0) is 23.4. The van der Waals surface area contributed by atoms with Crippen LogP contribution in [0.25, 0.3) is 23.0 Å². The lowest BCUT2D eigenvalue weighted by atomic mass is 10.1. The van der Waals surface area contributed by atoms with Gasteiger partial charge in [0.1, 0.15) is 11.4 Å². The van der Waals surface area contributed by atoms with Gasteiger partial charge in [0.05, 0.1) is 23.9 Å². The van der Waals surface area contributed by atoms with Gasteiger partial charge >= 0.3 is 6.18 Å². The molecular formula is C25H18F3N3O2. The predicted octanol–water partition coefficient (Wildman–Crippen LogP) is 5.86. The number of carbonyl (C=O) groups excluding carboxylic acids is 1. The van der Waals surface area contributed by atoms with Gasteiger partial charge in [0.15, 0.2) is 5.78 Å². The van der Waals surface area contributed by atoms with E-state index in [-0.39, 0.29) is 5.78 Å². The molecule has 33 heavy (non-hydrogen) atoms. The van der Waals surface area contributed by atoms with Crippen LogP contribution in [0, 0.1) is 0 Å². The van der Waals surface area contributed by atoms with Crippen molar-refractivity contribution in [3.8, 4) is 22.7 Å². The van der Waals surface area contributed by atoms with Gasteiger partial charge in [-0.3, -0.25) is 9.78 Å². The second-order valence-electron chi connectivity index (χ2n) is 7.09. The Balaban J connectivity index is 1.69. The molecule has 0 unspecified atom stereocenters. The first-order valence-electron chi connectivity index (χ1n) is 9.89. The number of hydrogen-bond donors (Lipinski definition) is 0. The van der Waals surface area contributed by atoms with Gasteiger partial charge in [-0.05, 0) is 60.2 Å². The third-order valence-electron chi connectivity index (χ3n) is 4.92. The zero-order valence-corrected chi connectivity index (χ0v) is 17.5. The van der Waals surface area contributed by atoms with Gasteiger partial charge in [0.25, 0.3) is 0 Å². The predicted molar refractivity (Wildman–Crippen MR) is 118 cm³/mol. The number of allylic oxidation sites excluding steroid dienone is 1. The average molecular weight is 449 g/mol. The summed E-state index contributed by atoms with van der Waals surface area (Å²) in [6, 6.07) is 15.3. The van der Waals surface area contributed by atoms with E-state index in [4.69, 9.17) is 4.74 Å². The van der Waals surface area contributed by atoms with Gasteiger partial charge in [-0.25, -0.2) is 4.68 Å². The lowest BCUT2D eigenvalue weighted by molar-refractivity contribution is -0.137. The van der Waals surface area contributed by atoms with Gasteiger partial charge < -0.3 is 4.74 Å². The molecule has 4 rings (SSSR count). The summed E-state index contributed by atoms with van der Waals surface area (Å²) < 4.78 is 45.2. The van der Waals surface area contributed by atoms with Crippen molar-refractivity contribution in [2.24, 2.45) is 0 Å². The molecule has 2 aromatic carbocycles. The van der Waals surface area contributed by atoms with E-state index in [0.29, 0.717) is 28.3 Å². The standard InChI is InChI=1S/C25H18F3N3O2/c1-33-21-11-4-17(5-12-21)6-13-23(32)22-16-31(30-24(22)18-3-2-14-29-15-18)20-9-7-19(8-10-20)25(26,27)28/h2-16H,1H3. The highest BCUT2D eigenvalue weighted by Crippen LogP contribution is 2.30. The number of methoxy groups -OCH3 is 1. The van der Waals surface area contributed by atoms with Crippen LogP contribution in [-0.2, 0) is 6.18 Å². The van der Waals surface area contributed by atoms with Crippen molar-refractivity contribution in [2.75, 3.05) is 7.11 Å². The summed E-state index contributed by atoms with van der Waals surface area (Å²) in [5, 5.41) is 4.47. The number of aromatic nitrogens is 3. The SMILES string of the molecule is COc1ccc(C=CC(=O)c2cn(-c3ccc(C(F)(F)F)cc3)nc2-c2cccnc2)cc1. The minimum atomic E-state index is -4.43. The van der Waals surface area contributed by atoms with Crippen molar-refractivity contribution in [1.82, 2.24) is 14.8 Å². The highest BCUT2D eigenvalue weighted by molar-refractivity contribution is 6.10. The van der Waals surface area contributed by atoms with Gasteiger partial charge in [-0.2, -0.15) is 18.3 Å². The number of ether oxygens (including phenoxy) is 1. The number of halogens is 3. The van der Waals surface area contributed by atoms with Crippen LogP contribution in [0.2, 0.25) is 0 Å². The topological polar surface area (TPSA) is 57.0 Å². The van der Waals surface area contributed by atoms with Crippen molar-refractivity contribution in [3.05, 3.63) is 102 Å². The van der Waals surface area contributed by atoms with Crippen LogP contribution in [0.4, 0.5) is 13.2 Å². The van der Waals surface area contributed by atoms with Crippen molar-refractivity contribution in [1.29, 1.82) is 0 Å². The molecule has 166 valence electrons. The van der Waals surface area contributed by atoms with Gasteiger partial charge in [-0.15, -0.1) is 0 Å². The summed E-state index contributed by atoms with van der Waals surface area (Å²) in [5.41, 5.74) is 1.74. The molecule has 0 amide bonds. The Morgan fingerprint density at radius 3 is 2.36 bits per heavy atom. The molecule has 0 aliphatic rings. The molecule has 0 spiro atoms. The van der Waals surface area contributed by atoms with Crippen LogP contribution in [0.1, 0.15) is 21.5 Å². The Morgan fingerprint density at radius 1 is 1.03 bits per heavy atom. The second kappa shape index (κ2) is 9.12. The summed E-state index contributed by atoms with van der Waals surface area (Å²) in [5.74, 6) is 0.401. The van der Waals surface area contributed by atoms with E-state index >= 15 is 0 Å². The lowest BCUT2D eigenvalue weighted by Gasteiger charge is -2.07. The summed E-state index contributed by atoms with van der Waals surface area (Å²) in [6.07, 6.45) is 3.34. The number of ketones is 1. The zero-order valence-electron chi connectivity index (χ0n) is 17.5. The first-order valence-corrected chi connectivity index (χ1v) is 9.89. The van der Waals surface area contributed by atoms with Crippen LogP contribution in [-0.4, -0.2) is 27.7 Å². The Hall–Kier alpha value is -4.20. The lowest BCUT2D eigenvalue weighted by Crippen LogP contribution is -2.05. The number of rotatable bonds is 6. The monoisotopic (exact) mass is 449 g/mol. The molecule has 0 radical (unpaired) electrons. The molecule has 2 heterocycles. The Kier molecular flexibility index (Phi) is 6.08. The fourth-order valence-corrected chi connectivity index (χ4v) is 3.18. The van der Waals surface area contributed by atoms with E-state index in [1.807, 2.05) is 12.1 Å². The Morgan fingerprint density at radius 2 is 1.76 bits per heavy atom. The molecule has 8 heteroatoms. The number of pyridine rings is 1. The molecule has 0 aliphatic heterocycles. The second-order valence-corrected chi connectivity index (χ2v) is 7.09. The van der Waals surface area contributed by atoms with Crippen LogP contribution in [0.3, 0.4) is 0 Å². The normalized spacial score (nSPS) is 11.6. The molecule has 0 atom stereocenters. The van der Waals surface area contributed by atoms with E-state index in [1.54, 1.807) is 49.8 Å². The minimum Gasteiger partial charge on any atom is -0.497 e. The van der Waals surface area contributed by atoms with Crippen molar-refractivity contribution in [3.63, 3.8) is 0 Å². The van der Waals surface area contributed by atoms with Crippen molar-refractivity contribution in [2.45, 2.75) is 6.18 Å². The van der Waals surface area contributed by atoms with E-state index in [9.17, 15) is 18.0 Å². The number of hydrogen-bond acceptors (Lipinski definition) is 4. The number of nitrogens with zero attached hydrogens (tertiary/aromatic N) is 3. The van der Waals surface area contributed by atoms with Crippen molar-refractivity contribution < 1.29 is 22.7 Å². The smallest absolute Gasteiger partial charge is 0.416 e. The van der Waals surface area contributed by atoms with Crippen LogP contribution >= 0.6 is 0 Å². The van der Waals surface area contributed by atoms with E-state index in [1.165, 1.54) is 29.1 Å². The minimum absolute atomic E-state index is 0.299. The molecule has 4 aromatic rings. The van der Waals surface area contributed by atoms with Gasteiger partial charge in [-0.1, -0.05) is 18.2 Å². The molecule has 2 aromatic heterocycles. The van der Waals surface area contributed by atoms with E-state index < -0.39 is 11.7 Å². The average Bonchev–Trinajstić information content (AvgIpc) is 3.29. The van der Waals surface area contributed by atoms with Gasteiger partial charge in [0.2, 0.25) is 0 Å². The number of alkyl halides is 3. The maximum Gasteiger partial charge on any atom is 0.416 e. The van der Waals surface area contributed by atoms with Crippen LogP contribution in [0.5, 0.6) is 5.75 Å². The van der Waals surface area contributed by atoms with Crippen LogP contribution in [0.15, 0.2) is 85.3 Å². The highest BCUT2D eigenvalue weighted by atomic mass is 19.4. The molecule has 0 bridgehead atoms. The Labute approximate surface area is 187 Å². The number of benzene rings is 2. The maximum atomic E-state index is 13.0. The fourth-order valence-electron chi connectivity index (χ4n) is 3.18. The molecule has 0 saturated heterocycles. The van der Waals surface area contributed by atoms with E-state index in [2.05, 4.69) is 10.1 Å². The summed E-state index contributed by atoms with van der Waals surface area (Å²) in [6.45, 7) is 0. The molecule has 5 nitrogen and oxygen atoms in total. The summed E-state index contributed by atoms with van der Waals surface area (Å²) >= 11 is 0. The van der Waals surface area contributed by atoms with Crippen LogP contribution < -0.4 is 4.74 Å². The maximum absolute atomic E-state index is 13.0. The first kappa shape index (κ1) is 22.0. The van der Waals surface area contributed by atoms with Crippen molar-refractivity contribution >= 4 is 11.9 Å². The summed E-state index contributed by atoms with van der Waals surface area (Å²) in [7, 11) is 1.57. The largest absolute Gasteiger partial charge is 0.497 e. The molecule has 0 N–H and O–H groups in total. The van der Waals surface area contributed by atoms with Gasteiger partial charge in [0, 0.05) is 24.2 Å². The third-order valence-corrected chi connectivity index (χ3v) is 4.92. The first-order chi connectivity index (χ1) is 15.8.